The Morgan fingerprint density at radius 3 is 2.21 bits per heavy atom. The average Bonchev–Trinajstić information content (AvgIpc) is 3.33. The minimum Gasteiger partial charge on any atom is -0.460 e. The normalized spacial score (nSPS) is 37.2. The maximum absolute atomic E-state index is 14.5. The molecule has 0 aromatic carbocycles. The maximum Gasteiger partial charge on any atom is 0.329 e. The second-order valence-corrected chi connectivity index (χ2v) is 21.2. The van der Waals surface area contributed by atoms with Gasteiger partial charge in [0.05, 0.1) is 24.2 Å². The molecule has 3 fully saturated rings. The van der Waals surface area contributed by atoms with Crippen LogP contribution in [0.15, 0.2) is 47.6 Å². The Kier molecular flexibility index (Phi) is 22.9. The SMILES string of the molecule is CO[C@H]1C[C@@H]2CC[C@@H](C)[C@@](O)(O2)C(=O)C(=O)N2CCCC[C@H]2C(=O)O[C@H]([C@H](C)C[C@@H]2CC[C@@H](OC(=O)C(C)C)[C@H](OC)C2)CC(=O)[C@H](C)/C=C(\C)[C@@H](O)[C@@H](OC)C(=O)[C@H](C)C[C@H](C)/C=C/C=CC=C1C. The first-order valence-corrected chi connectivity index (χ1v) is 25.8. The van der Waals surface area contributed by atoms with Crippen LogP contribution in [0.4, 0.5) is 0 Å². The molecule has 15 nitrogen and oxygen atoms in total. The van der Waals surface area contributed by atoms with Gasteiger partial charge in [-0.05, 0) is 107 Å². The molecule has 1 amide bonds. The zero-order valence-corrected chi connectivity index (χ0v) is 44.1. The van der Waals surface area contributed by atoms with E-state index >= 15 is 0 Å². The summed E-state index contributed by atoms with van der Waals surface area (Å²) in [6, 6.07) is -1.16. The van der Waals surface area contributed by atoms with Gasteiger partial charge in [0.2, 0.25) is 5.79 Å². The van der Waals surface area contributed by atoms with Gasteiger partial charge < -0.3 is 43.5 Å². The summed E-state index contributed by atoms with van der Waals surface area (Å²) < 4.78 is 35.5. The lowest BCUT2D eigenvalue weighted by atomic mass is 9.78. The van der Waals surface area contributed by atoms with Crippen molar-refractivity contribution in [2.24, 2.45) is 41.4 Å². The molecule has 394 valence electrons. The Labute approximate surface area is 417 Å². The van der Waals surface area contributed by atoms with Gasteiger partial charge in [0, 0.05) is 58.5 Å². The lowest BCUT2D eigenvalue weighted by Gasteiger charge is -2.42. The molecule has 0 unspecified atom stereocenters. The molecule has 2 saturated heterocycles. The third-order valence-electron chi connectivity index (χ3n) is 15.2. The van der Waals surface area contributed by atoms with Crippen molar-refractivity contribution in [1.82, 2.24) is 4.90 Å². The predicted molar refractivity (Wildman–Crippen MR) is 264 cm³/mol. The van der Waals surface area contributed by atoms with E-state index in [4.69, 9.17) is 28.4 Å². The van der Waals surface area contributed by atoms with Crippen LogP contribution in [-0.2, 0) is 57.2 Å². The maximum atomic E-state index is 14.5. The highest BCUT2D eigenvalue weighted by atomic mass is 16.6. The Bertz CT molecular complexity index is 1920. The Morgan fingerprint density at radius 1 is 0.843 bits per heavy atom. The summed E-state index contributed by atoms with van der Waals surface area (Å²) in [6.45, 7) is 16.3. The number of aliphatic hydroxyl groups excluding tert-OH is 1. The molecule has 0 radical (unpaired) electrons. The van der Waals surface area contributed by atoms with Crippen LogP contribution in [0.3, 0.4) is 0 Å². The van der Waals surface area contributed by atoms with Gasteiger partial charge in [0.1, 0.15) is 36.2 Å². The van der Waals surface area contributed by atoms with Gasteiger partial charge in [0.25, 0.3) is 11.7 Å². The van der Waals surface area contributed by atoms with Crippen LogP contribution in [0.1, 0.15) is 139 Å². The standard InChI is InChI=1S/C55H85NO14/c1-32(2)53(62)68-44-24-22-40(29-47(44)66-11)28-36(6)46-31-43(57)35(5)27-38(8)49(59)50(67-12)48(58)37(7)26-33(3)18-14-13-15-19-34(4)45(65-10)30-41-23-21-39(9)55(64,70-41)51(60)52(61)56-25-17-16-20-42(56)54(63)69-46/h13-15,18-19,27,32-33,35-37,39-42,44-47,49-50,59,64H,16-17,20-26,28-31H2,1-12H3/b15-13?,18-14+,34-19?,38-27+/t33-,35-,36-,37-,39-,40+,41+,42+,44-,45+,46+,47-,49-,50+,55-/m1/s1. The quantitative estimate of drug-likeness (QED) is 0.139. The summed E-state index contributed by atoms with van der Waals surface area (Å²) in [7, 11) is 4.54. The fraction of sp³-hybridized carbons (Fsp3) is 0.745. The fourth-order valence-corrected chi connectivity index (χ4v) is 10.5. The number of amides is 1. The van der Waals surface area contributed by atoms with Gasteiger partial charge in [-0.15, -0.1) is 0 Å². The third kappa shape index (κ3) is 15.6. The highest BCUT2D eigenvalue weighted by molar-refractivity contribution is 6.39. The molecule has 0 aromatic heterocycles. The molecule has 15 atom stereocenters. The number of Topliss-reactive ketones (excluding diaryl/α,β-unsaturated/α-hetero) is 3. The number of hydrogen-bond donors (Lipinski definition) is 2. The average molecular weight is 984 g/mol. The van der Waals surface area contributed by atoms with E-state index < -0.39 is 83.9 Å². The van der Waals surface area contributed by atoms with Crippen LogP contribution < -0.4 is 0 Å². The molecule has 15 heteroatoms. The number of ketones is 3. The van der Waals surface area contributed by atoms with E-state index in [-0.39, 0.29) is 66.7 Å². The second-order valence-electron chi connectivity index (χ2n) is 21.2. The number of cyclic esters (lactones) is 1. The largest absolute Gasteiger partial charge is 0.460 e. The third-order valence-corrected chi connectivity index (χ3v) is 15.2. The number of carbonyl (C=O) groups excluding carboxylic acids is 6. The summed E-state index contributed by atoms with van der Waals surface area (Å²) in [4.78, 5) is 84.8. The lowest BCUT2D eigenvalue weighted by Crippen LogP contribution is -2.61. The van der Waals surface area contributed by atoms with Gasteiger partial charge in [-0.1, -0.05) is 84.9 Å². The van der Waals surface area contributed by atoms with E-state index in [0.29, 0.717) is 69.8 Å². The first-order chi connectivity index (χ1) is 33.1. The van der Waals surface area contributed by atoms with Crippen molar-refractivity contribution in [3.8, 4) is 0 Å². The van der Waals surface area contributed by atoms with E-state index in [0.717, 1.165) is 5.57 Å². The Morgan fingerprint density at radius 2 is 1.56 bits per heavy atom. The highest BCUT2D eigenvalue weighted by Crippen LogP contribution is 2.38. The number of aliphatic hydroxyl groups is 2. The van der Waals surface area contributed by atoms with Crippen LogP contribution in [0.25, 0.3) is 0 Å². The summed E-state index contributed by atoms with van der Waals surface area (Å²) in [5.41, 5.74) is 1.25. The van der Waals surface area contributed by atoms with Crippen LogP contribution >= 0.6 is 0 Å². The topological polar surface area (TPSA) is 201 Å². The van der Waals surface area contributed by atoms with Crippen molar-refractivity contribution in [1.29, 1.82) is 0 Å². The molecular formula is C55H85NO14. The van der Waals surface area contributed by atoms with Crippen LogP contribution in [0, 0.1) is 41.4 Å². The zero-order chi connectivity index (χ0) is 52.0. The van der Waals surface area contributed by atoms with E-state index in [2.05, 4.69) is 0 Å². The number of carbonyl (C=O) groups is 6. The van der Waals surface area contributed by atoms with Crippen molar-refractivity contribution in [3.05, 3.63) is 47.6 Å². The number of methoxy groups -OCH3 is 3. The van der Waals surface area contributed by atoms with E-state index in [1.54, 1.807) is 54.9 Å². The van der Waals surface area contributed by atoms with E-state index in [1.807, 2.05) is 58.1 Å². The lowest BCUT2D eigenvalue weighted by molar-refractivity contribution is -0.265. The van der Waals surface area contributed by atoms with Gasteiger partial charge in [-0.2, -0.15) is 0 Å². The number of nitrogens with zero attached hydrogens (tertiary/aromatic N) is 1. The number of hydrogen-bond acceptors (Lipinski definition) is 14. The molecule has 70 heavy (non-hydrogen) atoms. The molecule has 3 aliphatic heterocycles. The smallest absolute Gasteiger partial charge is 0.329 e. The van der Waals surface area contributed by atoms with Gasteiger partial charge in [-0.25, -0.2) is 4.79 Å². The summed E-state index contributed by atoms with van der Waals surface area (Å²) >= 11 is 0. The van der Waals surface area contributed by atoms with E-state index in [9.17, 15) is 39.0 Å². The molecule has 2 bridgehead atoms. The number of rotatable bonds is 8. The minimum atomic E-state index is -2.44. The first kappa shape index (κ1) is 58.7. The number of esters is 2. The molecule has 0 spiro atoms. The monoisotopic (exact) mass is 984 g/mol. The van der Waals surface area contributed by atoms with Gasteiger partial charge in [-0.3, -0.25) is 24.0 Å². The summed E-state index contributed by atoms with van der Waals surface area (Å²) in [5.74, 6) is -8.75. The van der Waals surface area contributed by atoms with Crippen molar-refractivity contribution >= 4 is 35.2 Å². The number of allylic oxidation sites excluding steroid dienone is 6. The predicted octanol–water partition coefficient (Wildman–Crippen LogP) is 7.39. The molecule has 1 saturated carbocycles. The number of piperidine rings is 1. The zero-order valence-electron chi connectivity index (χ0n) is 44.1. The van der Waals surface area contributed by atoms with Crippen LogP contribution in [0.2, 0.25) is 0 Å². The molecule has 0 aromatic rings. The molecule has 2 N–H and O–H groups in total. The summed E-state index contributed by atoms with van der Waals surface area (Å²) in [5, 5.41) is 23.5. The molecule has 4 aliphatic rings. The molecule has 1 aliphatic carbocycles. The first-order valence-electron chi connectivity index (χ1n) is 25.8. The Balaban J connectivity index is 1.70. The van der Waals surface area contributed by atoms with Crippen LogP contribution in [0.5, 0.6) is 0 Å². The number of fused-ring (bicyclic) bond motifs is 3. The minimum absolute atomic E-state index is 0.00980. The number of ether oxygens (including phenoxy) is 6. The molecule has 3 heterocycles. The highest BCUT2D eigenvalue weighted by Gasteiger charge is 2.53. The molecule has 4 rings (SSSR count). The van der Waals surface area contributed by atoms with Gasteiger partial charge >= 0.3 is 11.9 Å². The Hall–Kier alpha value is -3.86. The second kappa shape index (κ2) is 27.3. The van der Waals surface area contributed by atoms with Gasteiger partial charge in [0.15, 0.2) is 5.78 Å². The van der Waals surface area contributed by atoms with Crippen molar-refractivity contribution < 1.29 is 67.4 Å². The van der Waals surface area contributed by atoms with Crippen molar-refractivity contribution in [3.63, 3.8) is 0 Å². The molecular weight excluding hydrogens is 899 g/mol. The summed E-state index contributed by atoms with van der Waals surface area (Å²) in [6.07, 6.45) is 11.1. The van der Waals surface area contributed by atoms with Crippen LogP contribution in [-0.4, -0.2) is 133 Å². The van der Waals surface area contributed by atoms with Crippen molar-refractivity contribution in [2.75, 3.05) is 27.9 Å². The fourth-order valence-electron chi connectivity index (χ4n) is 10.5. The van der Waals surface area contributed by atoms with E-state index in [1.165, 1.54) is 12.0 Å². The van der Waals surface area contributed by atoms with Crippen molar-refractivity contribution in [2.45, 2.75) is 194 Å².